The molecule has 2 N–H and O–H groups in total. The Labute approximate surface area is 172 Å². The average molecular weight is 399 g/mol. The predicted molar refractivity (Wildman–Crippen MR) is 113 cm³/mol. The number of carbonyl (C=O) groups is 2. The van der Waals surface area contributed by atoms with Crippen LogP contribution in [0.5, 0.6) is 11.5 Å². The molecule has 0 bridgehead atoms. The lowest BCUT2D eigenvalue weighted by atomic mass is 10.0. The van der Waals surface area contributed by atoms with Crippen LogP contribution in [-0.4, -0.2) is 32.1 Å². The molecule has 0 fully saturated rings. The Morgan fingerprint density at radius 3 is 2.10 bits per heavy atom. The molecule has 2 aromatic rings. The molecule has 0 aromatic heterocycles. The number of amides is 2. The summed E-state index contributed by atoms with van der Waals surface area (Å²) in [6, 6.07) is 10.4. The van der Waals surface area contributed by atoms with Gasteiger partial charge in [-0.2, -0.15) is 0 Å². The van der Waals surface area contributed by atoms with Gasteiger partial charge < -0.3 is 20.1 Å². The van der Waals surface area contributed by atoms with Crippen LogP contribution < -0.4 is 20.1 Å². The summed E-state index contributed by atoms with van der Waals surface area (Å²) in [5.41, 5.74) is 3.72. The van der Waals surface area contributed by atoms with Gasteiger partial charge in [-0.1, -0.05) is 37.6 Å². The standard InChI is InChI=1S/C23H30N2O4/c1-14(2)21(23(27)24-13-17-8-7-15(3)9-16(17)4)25-22(26)18-10-19(28-5)12-20(11-18)29-6/h7-12,14,21H,13H2,1-6H3,(H,24,27)(H,25,26). The van der Waals surface area contributed by atoms with Crippen molar-refractivity contribution < 1.29 is 19.1 Å². The minimum Gasteiger partial charge on any atom is -0.497 e. The third-order valence-electron chi connectivity index (χ3n) is 4.80. The zero-order valence-corrected chi connectivity index (χ0v) is 18.0. The summed E-state index contributed by atoms with van der Waals surface area (Å²) in [4.78, 5) is 25.5. The summed E-state index contributed by atoms with van der Waals surface area (Å²) in [5.74, 6) is 0.362. The Kier molecular flexibility index (Phi) is 7.65. The highest BCUT2D eigenvalue weighted by Gasteiger charge is 2.25. The molecule has 0 saturated heterocycles. The lowest BCUT2D eigenvalue weighted by Crippen LogP contribution is -2.49. The molecule has 0 radical (unpaired) electrons. The average Bonchev–Trinajstić information content (AvgIpc) is 2.70. The van der Waals surface area contributed by atoms with Crippen molar-refractivity contribution in [3.63, 3.8) is 0 Å². The zero-order chi connectivity index (χ0) is 21.6. The summed E-state index contributed by atoms with van der Waals surface area (Å²) in [6.45, 7) is 8.26. The molecule has 2 amide bonds. The van der Waals surface area contributed by atoms with Crippen molar-refractivity contribution in [2.24, 2.45) is 5.92 Å². The first-order chi connectivity index (χ1) is 13.7. The predicted octanol–water partition coefficient (Wildman–Crippen LogP) is 3.39. The number of hydrogen-bond acceptors (Lipinski definition) is 4. The highest BCUT2D eigenvalue weighted by atomic mass is 16.5. The van der Waals surface area contributed by atoms with Crippen LogP contribution in [0, 0.1) is 19.8 Å². The van der Waals surface area contributed by atoms with Gasteiger partial charge in [-0.05, 0) is 43.0 Å². The molecule has 0 saturated carbocycles. The molecule has 1 unspecified atom stereocenters. The maximum Gasteiger partial charge on any atom is 0.252 e. The minimum atomic E-state index is -0.662. The molecule has 6 nitrogen and oxygen atoms in total. The maximum absolute atomic E-state index is 12.8. The van der Waals surface area contributed by atoms with E-state index in [4.69, 9.17) is 9.47 Å². The van der Waals surface area contributed by atoms with E-state index >= 15 is 0 Å². The van der Waals surface area contributed by atoms with Gasteiger partial charge in [0.2, 0.25) is 5.91 Å². The normalized spacial score (nSPS) is 11.7. The molecule has 0 heterocycles. The highest BCUT2D eigenvalue weighted by molar-refractivity contribution is 5.98. The van der Waals surface area contributed by atoms with E-state index < -0.39 is 6.04 Å². The first kappa shape index (κ1) is 22.3. The molecule has 0 aliphatic heterocycles. The topological polar surface area (TPSA) is 76.7 Å². The van der Waals surface area contributed by atoms with Gasteiger partial charge in [0, 0.05) is 18.2 Å². The number of rotatable bonds is 8. The molecular formula is C23H30N2O4. The molecule has 156 valence electrons. The molecular weight excluding hydrogens is 368 g/mol. The number of nitrogens with one attached hydrogen (secondary N) is 2. The second-order valence-corrected chi connectivity index (χ2v) is 7.44. The molecule has 2 rings (SSSR count). The monoisotopic (exact) mass is 398 g/mol. The molecule has 0 aliphatic carbocycles. The van der Waals surface area contributed by atoms with Crippen molar-refractivity contribution in [3.8, 4) is 11.5 Å². The molecule has 2 aromatic carbocycles. The van der Waals surface area contributed by atoms with E-state index in [0.29, 0.717) is 23.6 Å². The van der Waals surface area contributed by atoms with Gasteiger partial charge in [0.1, 0.15) is 17.5 Å². The van der Waals surface area contributed by atoms with Crippen LogP contribution in [-0.2, 0) is 11.3 Å². The summed E-state index contributed by atoms with van der Waals surface area (Å²) in [7, 11) is 3.04. The molecule has 6 heteroatoms. The fourth-order valence-electron chi connectivity index (χ4n) is 3.03. The summed E-state index contributed by atoms with van der Waals surface area (Å²) >= 11 is 0. The lowest BCUT2D eigenvalue weighted by molar-refractivity contribution is -0.124. The van der Waals surface area contributed by atoms with Gasteiger partial charge in [0.15, 0.2) is 0 Å². The number of methoxy groups -OCH3 is 2. The van der Waals surface area contributed by atoms with Crippen LogP contribution in [0.3, 0.4) is 0 Å². The number of benzene rings is 2. The SMILES string of the molecule is COc1cc(OC)cc(C(=O)NC(C(=O)NCc2ccc(C)cc2C)C(C)C)c1. The number of ether oxygens (including phenoxy) is 2. The van der Waals surface area contributed by atoms with Gasteiger partial charge in [-0.15, -0.1) is 0 Å². The second-order valence-electron chi connectivity index (χ2n) is 7.44. The van der Waals surface area contributed by atoms with Gasteiger partial charge in [-0.3, -0.25) is 9.59 Å². The van der Waals surface area contributed by atoms with Crippen molar-refractivity contribution in [2.45, 2.75) is 40.3 Å². The second kappa shape index (κ2) is 9.96. The molecule has 1 atom stereocenters. The largest absolute Gasteiger partial charge is 0.497 e. The molecule has 29 heavy (non-hydrogen) atoms. The van der Waals surface area contributed by atoms with Crippen molar-refractivity contribution in [1.82, 2.24) is 10.6 Å². The van der Waals surface area contributed by atoms with E-state index in [1.807, 2.05) is 39.8 Å². The fraction of sp³-hybridized carbons (Fsp3) is 0.391. The van der Waals surface area contributed by atoms with Crippen LogP contribution in [0.15, 0.2) is 36.4 Å². The Bertz CT molecular complexity index is 855. The zero-order valence-electron chi connectivity index (χ0n) is 18.0. The van der Waals surface area contributed by atoms with Crippen LogP contribution in [0.1, 0.15) is 40.9 Å². The van der Waals surface area contributed by atoms with Crippen molar-refractivity contribution in [1.29, 1.82) is 0 Å². The van der Waals surface area contributed by atoms with Crippen LogP contribution in [0.25, 0.3) is 0 Å². The van der Waals surface area contributed by atoms with Crippen LogP contribution in [0.4, 0.5) is 0 Å². The van der Waals surface area contributed by atoms with Crippen LogP contribution in [0.2, 0.25) is 0 Å². The van der Waals surface area contributed by atoms with E-state index in [0.717, 1.165) is 11.1 Å². The van der Waals surface area contributed by atoms with Gasteiger partial charge in [-0.25, -0.2) is 0 Å². The summed E-state index contributed by atoms with van der Waals surface area (Å²) < 4.78 is 10.4. The third-order valence-corrected chi connectivity index (χ3v) is 4.80. The van der Waals surface area contributed by atoms with Crippen LogP contribution >= 0.6 is 0 Å². The quantitative estimate of drug-likeness (QED) is 0.715. The van der Waals surface area contributed by atoms with Gasteiger partial charge in [0.25, 0.3) is 5.91 Å². The maximum atomic E-state index is 12.8. The number of hydrogen-bond donors (Lipinski definition) is 2. The first-order valence-electron chi connectivity index (χ1n) is 9.63. The Hall–Kier alpha value is -3.02. The van der Waals surface area contributed by atoms with Gasteiger partial charge >= 0.3 is 0 Å². The van der Waals surface area contributed by atoms with Gasteiger partial charge in [0.05, 0.1) is 14.2 Å². The van der Waals surface area contributed by atoms with E-state index in [9.17, 15) is 9.59 Å². The van der Waals surface area contributed by atoms with E-state index in [1.54, 1.807) is 18.2 Å². The molecule has 0 aliphatic rings. The summed E-state index contributed by atoms with van der Waals surface area (Å²) in [6.07, 6.45) is 0. The first-order valence-corrected chi connectivity index (χ1v) is 9.63. The van der Waals surface area contributed by atoms with Crippen molar-refractivity contribution in [2.75, 3.05) is 14.2 Å². The Morgan fingerprint density at radius 1 is 0.966 bits per heavy atom. The third kappa shape index (κ3) is 5.98. The Balaban J connectivity index is 2.10. The number of aryl methyl sites for hydroxylation is 2. The highest BCUT2D eigenvalue weighted by Crippen LogP contribution is 2.22. The van der Waals surface area contributed by atoms with Crippen molar-refractivity contribution >= 4 is 11.8 Å². The summed E-state index contributed by atoms with van der Waals surface area (Å²) in [5, 5.41) is 5.77. The minimum absolute atomic E-state index is 0.0782. The fourth-order valence-corrected chi connectivity index (χ4v) is 3.03. The number of carbonyl (C=O) groups excluding carboxylic acids is 2. The van der Waals surface area contributed by atoms with E-state index in [-0.39, 0.29) is 17.7 Å². The van der Waals surface area contributed by atoms with Crippen molar-refractivity contribution in [3.05, 3.63) is 58.7 Å². The lowest BCUT2D eigenvalue weighted by Gasteiger charge is -2.22. The van der Waals surface area contributed by atoms with E-state index in [2.05, 4.69) is 16.7 Å². The smallest absolute Gasteiger partial charge is 0.252 e. The van der Waals surface area contributed by atoms with E-state index in [1.165, 1.54) is 19.8 Å². The molecule has 0 spiro atoms. The Morgan fingerprint density at radius 2 is 1.59 bits per heavy atom.